The van der Waals surface area contributed by atoms with E-state index in [2.05, 4.69) is 15.2 Å². The lowest BCUT2D eigenvalue weighted by molar-refractivity contribution is -0.131. The van der Waals surface area contributed by atoms with E-state index >= 15 is 0 Å². The molecule has 1 fully saturated rings. The Hall–Kier alpha value is -3.82. The van der Waals surface area contributed by atoms with E-state index in [1.807, 2.05) is 47.8 Å². The summed E-state index contributed by atoms with van der Waals surface area (Å²) in [7, 11) is 0. The first kappa shape index (κ1) is 22.9. The van der Waals surface area contributed by atoms with Gasteiger partial charge in [0.1, 0.15) is 0 Å². The van der Waals surface area contributed by atoms with Crippen LogP contribution in [0.3, 0.4) is 0 Å². The van der Waals surface area contributed by atoms with E-state index < -0.39 is 0 Å². The maximum atomic E-state index is 12.6. The largest absolute Gasteiger partial charge is 0.343 e. The van der Waals surface area contributed by atoms with Crippen molar-refractivity contribution in [2.75, 3.05) is 32.7 Å². The molecular formula is C26H25N5O3S. The topological polar surface area (TPSA) is 87.0 Å². The maximum absolute atomic E-state index is 12.6. The highest BCUT2D eigenvalue weighted by molar-refractivity contribution is 7.15. The fourth-order valence-electron chi connectivity index (χ4n) is 4.17. The SMILES string of the molecule is O=C(NCC(=O)N1CCN(Cc2cc(=O)n3ccsc3n2)CC1)c1ccc(-c2ccccc2)cc1. The van der Waals surface area contributed by atoms with Crippen LogP contribution in [0.4, 0.5) is 0 Å². The summed E-state index contributed by atoms with van der Waals surface area (Å²) in [4.78, 5) is 46.5. The second-order valence-corrected chi connectivity index (χ2v) is 9.30. The second-order valence-electron chi connectivity index (χ2n) is 8.42. The number of nitrogens with one attached hydrogen (secondary N) is 1. The van der Waals surface area contributed by atoms with Crippen LogP contribution in [-0.4, -0.2) is 63.7 Å². The van der Waals surface area contributed by atoms with Gasteiger partial charge in [0.15, 0.2) is 4.96 Å². The molecule has 0 bridgehead atoms. The minimum Gasteiger partial charge on any atom is -0.343 e. The number of aromatic nitrogens is 2. The van der Waals surface area contributed by atoms with E-state index in [1.165, 1.54) is 15.7 Å². The number of thiazole rings is 1. The van der Waals surface area contributed by atoms with Crippen LogP contribution < -0.4 is 10.9 Å². The Morgan fingerprint density at radius 3 is 2.40 bits per heavy atom. The average molecular weight is 488 g/mol. The van der Waals surface area contributed by atoms with Crippen LogP contribution >= 0.6 is 11.3 Å². The van der Waals surface area contributed by atoms with Crippen molar-refractivity contribution >= 4 is 28.1 Å². The van der Waals surface area contributed by atoms with Gasteiger partial charge in [-0.1, -0.05) is 42.5 Å². The molecule has 4 aromatic rings. The van der Waals surface area contributed by atoms with E-state index in [-0.39, 0.29) is 23.9 Å². The highest BCUT2D eigenvalue weighted by Gasteiger charge is 2.22. The molecule has 9 heteroatoms. The summed E-state index contributed by atoms with van der Waals surface area (Å²) < 4.78 is 1.54. The number of carbonyl (C=O) groups is 2. The molecular weight excluding hydrogens is 462 g/mol. The number of rotatable bonds is 6. The highest BCUT2D eigenvalue weighted by Crippen LogP contribution is 2.19. The van der Waals surface area contributed by atoms with E-state index in [0.29, 0.717) is 43.2 Å². The molecule has 35 heavy (non-hydrogen) atoms. The molecule has 1 saturated heterocycles. The summed E-state index contributed by atoms with van der Waals surface area (Å²) >= 11 is 1.43. The summed E-state index contributed by atoms with van der Waals surface area (Å²) in [5.74, 6) is -0.367. The summed E-state index contributed by atoms with van der Waals surface area (Å²) in [5.41, 5.74) is 3.30. The van der Waals surface area contributed by atoms with Crippen molar-refractivity contribution in [3.05, 3.63) is 93.9 Å². The minimum atomic E-state index is -0.266. The predicted octanol–water partition coefficient (Wildman–Crippen LogP) is 2.50. The molecule has 0 saturated carbocycles. The van der Waals surface area contributed by atoms with Gasteiger partial charge in [-0.3, -0.25) is 23.7 Å². The first-order valence-corrected chi connectivity index (χ1v) is 12.3. The molecule has 3 heterocycles. The first-order valence-electron chi connectivity index (χ1n) is 11.5. The summed E-state index contributed by atoms with van der Waals surface area (Å²) in [6, 6.07) is 18.9. The Balaban J connectivity index is 1.09. The summed E-state index contributed by atoms with van der Waals surface area (Å²) in [6.07, 6.45) is 1.72. The fourth-order valence-corrected chi connectivity index (χ4v) is 4.91. The van der Waals surface area contributed by atoms with Gasteiger partial charge < -0.3 is 10.2 Å². The third-order valence-corrected chi connectivity index (χ3v) is 6.88. The number of hydrogen-bond donors (Lipinski definition) is 1. The molecule has 0 spiro atoms. The lowest BCUT2D eigenvalue weighted by Crippen LogP contribution is -2.51. The minimum absolute atomic E-state index is 0.0351. The molecule has 0 atom stereocenters. The molecule has 178 valence electrons. The van der Waals surface area contributed by atoms with Gasteiger partial charge >= 0.3 is 0 Å². The molecule has 2 aromatic carbocycles. The van der Waals surface area contributed by atoms with Gasteiger partial charge in [0.05, 0.1) is 12.2 Å². The van der Waals surface area contributed by atoms with Gasteiger partial charge in [-0.15, -0.1) is 11.3 Å². The van der Waals surface area contributed by atoms with Gasteiger partial charge in [-0.2, -0.15) is 0 Å². The van der Waals surface area contributed by atoms with Crippen molar-refractivity contribution in [3.63, 3.8) is 0 Å². The zero-order valence-electron chi connectivity index (χ0n) is 19.1. The van der Waals surface area contributed by atoms with Crippen molar-refractivity contribution in [1.29, 1.82) is 0 Å². The molecule has 2 amide bonds. The number of fused-ring (bicyclic) bond motifs is 1. The molecule has 1 aliphatic heterocycles. The summed E-state index contributed by atoms with van der Waals surface area (Å²) in [5, 5.41) is 4.58. The van der Waals surface area contributed by atoms with Gasteiger partial charge in [0.2, 0.25) is 5.91 Å². The number of hydrogen-bond acceptors (Lipinski definition) is 6. The number of benzene rings is 2. The third kappa shape index (κ3) is 5.31. The van der Waals surface area contributed by atoms with Crippen LogP contribution in [0.5, 0.6) is 0 Å². The van der Waals surface area contributed by atoms with Gasteiger partial charge in [-0.25, -0.2) is 4.98 Å². The standard InChI is InChI=1S/C26H25N5O3S/c32-23-16-22(28-26-31(23)14-15-35-26)18-29-10-12-30(13-11-29)24(33)17-27-25(34)21-8-6-20(7-9-21)19-4-2-1-3-5-19/h1-9,14-16H,10-13,17-18H2,(H,27,34). The molecule has 0 aliphatic carbocycles. The predicted molar refractivity (Wildman–Crippen MR) is 135 cm³/mol. The Labute approximate surface area is 206 Å². The third-order valence-electron chi connectivity index (χ3n) is 6.12. The number of piperazine rings is 1. The molecule has 2 aromatic heterocycles. The van der Waals surface area contributed by atoms with Crippen LogP contribution in [0, 0.1) is 0 Å². The normalized spacial score (nSPS) is 14.2. The number of nitrogens with zero attached hydrogens (tertiary/aromatic N) is 4. The lowest BCUT2D eigenvalue weighted by Gasteiger charge is -2.34. The van der Waals surface area contributed by atoms with Crippen molar-refractivity contribution in [2.24, 2.45) is 0 Å². The monoisotopic (exact) mass is 487 g/mol. The van der Waals surface area contributed by atoms with E-state index in [0.717, 1.165) is 16.8 Å². The zero-order valence-corrected chi connectivity index (χ0v) is 19.9. The Morgan fingerprint density at radius 1 is 0.943 bits per heavy atom. The maximum Gasteiger partial charge on any atom is 0.258 e. The van der Waals surface area contributed by atoms with Crippen LogP contribution in [-0.2, 0) is 11.3 Å². The molecule has 8 nitrogen and oxygen atoms in total. The molecule has 0 radical (unpaired) electrons. The van der Waals surface area contributed by atoms with Crippen molar-refractivity contribution < 1.29 is 9.59 Å². The van der Waals surface area contributed by atoms with Crippen molar-refractivity contribution in [3.8, 4) is 11.1 Å². The second kappa shape index (κ2) is 10.2. The molecule has 0 unspecified atom stereocenters. The van der Waals surface area contributed by atoms with Crippen molar-refractivity contribution in [2.45, 2.75) is 6.54 Å². The van der Waals surface area contributed by atoms with Crippen LogP contribution in [0.2, 0.25) is 0 Å². The zero-order chi connectivity index (χ0) is 24.2. The Kier molecular flexibility index (Phi) is 6.69. The first-order chi connectivity index (χ1) is 17.1. The fraction of sp³-hybridized carbons (Fsp3) is 0.231. The highest BCUT2D eigenvalue weighted by atomic mass is 32.1. The van der Waals surface area contributed by atoms with Gasteiger partial charge in [0.25, 0.3) is 11.5 Å². The number of amides is 2. The van der Waals surface area contributed by atoms with E-state index in [9.17, 15) is 14.4 Å². The lowest BCUT2D eigenvalue weighted by atomic mass is 10.0. The smallest absolute Gasteiger partial charge is 0.258 e. The van der Waals surface area contributed by atoms with E-state index in [1.54, 1.807) is 29.3 Å². The molecule has 1 N–H and O–H groups in total. The summed E-state index contributed by atoms with van der Waals surface area (Å²) in [6.45, 7) is 3.05. The Morgan fingerprint density at radius 2 is 1.66 bits per heavy atom. The van der Waals surface area contributed by atoms with E-state index in [4.69, 9.17) is 0 Å². The van der Waals surface area contributed by atoms with Gasteiger partial charge in [0, 0.05) is 55.9 Å². The number of carbonyl (C=O) groups excluding carboxylic acids is 2. The average Bonchev–Trinajstić information content (AvgIpc) is 3.37. The quantitative estimate of drug-likeness (QED) is 0.452. The molecule has 5 rings (SSSR count). The van der Waals surface area contributed by atoms with Gasteiger partial charge in [-0.05, 0) is 23.3 Å². The Bertz CT molecular complexity index is 1390. The van der Waals surface area contributed by atoms with Crippen LogP contribution in [0.25, 0.3) is 16.1 Å². The van der Waals surface area contributed by atoms with Crippen molar-refractivity contribution in [1.82, 2.24) is 24.5 Å². The van der Waals surface area contributed by atoms with Crippen LogP contribution in [0.1, 0.15) is 16.1 Å². The molecule has 1 aliphatic rings. The van der Waals surface area contributed by atoms with Crippen LogP contribution in [0.15, 0.2) is 77.0 Å².